The smallest absolute Gasteiger partial charge is 0.231 e. The van der Waals surface area contributed by atoms with Crippen LogP contribution in [0.5, 0.6) is 11.5 Å². The zero-order valence-corrected chi connectivity index (χ0v) is 17.0. The fourth-order valence-corrected chi connectivity index (χ4v) is 5.39. The molecule has 2 atom stereocenters. The van der Waals surface area contributed by atoms with Crippen molar-refractivity contribution in [3.05, 3.63) is 81.7 Å². The van der Waals surface area contributed by atoms with E-state index in [0.717, 1.165) is 46.1 Å². The normalized spacial score (nSPS) is 21.9. The van der Waals surface area contributed by atoms with Gasteiger partial charge in [0.2, 0.25) is 6.79 Å². The minimum absolute atomic E-state index is 0.185. The van der Waals surface area contributed by atoms with Gasteiger partial charge in [0.25, 0.3) is 0 Å². The molecule has 2 aliphatic heterocycles. The number of thiophene rings is 1. The number of carbonyl (C=O) groups is 1. The maximum Gasteiger partial charge on any atom is 0.231 e. The monoisotopic (exact) mass is 416 g/mol. The van der Waals surface area contributed by atoms with Crippen molar-refractivity contribution in [1.82, 2.24) is 0 Å². The molecule has 0 bridgehead atoms. The Morgan fingerprint density at radius 3 is 2.67 bits per heavy atom. The molecule has 2 unspecified atom stereocenters. The molecule has 6 heteroatoms. The van der Waals surface area contributed by atoms with E-state index in [1.807, 2.05) is 42.5 Å². The van der Waals surface area contributed by atoms with Crippen molar-refractivity contribution >= 4 is 28.5 Å². The van der Waals surface area contributed by atoms with E-state index in [1.54, 1.807) is 11.3 Å². The summed E-state index contributed by atoms with van der Waals surface area (Å²) in [5.74, 6) is 1.87. The van der Waals surface area contributed by atoms with E-state index in [-0.39, 0.29) is 24.5 Å². The van der Waals surface area contributed by atoms with Crippen LogP contribution in [0.15, 0.2) is 71.2 Å². The van der Waals surface area contributed by atoms with E-state index in [0.29, 0.717) is 6.42 Å². The lowest BCUT2D eigenvalue weighted by atomic mass is 9.81. The van der Waals surface area contributed by atoms with Gasteiger partial charge < -0.3 is 20.1 Å². The molecule has 1 aromatic heterocycles. The second-order valence-electron chi connectivity index (χ2n) is 7.80. The topological polar surface area (TPSA) is 59.6 Å². The molecular weight excluding hydrogens is 396 g/mol. The molecule has 6 rings (SSSR count). The van der Waals surface area contributed by atoms with Crippen LogP contribution in [0.4, 0.5) is 11.4 Å². The van der Waals surface area contributed by atoms with E-state index in [2.05, 4.69) is 28.1 Å². The van der Waals surface area contributed by atoms with Crippen LogP contribution >= 0.6 is 11.3 Å². The van der Waals surface area contributed by atoms with Crippen molar-refractivity contribution in [2.75, 3.05) is 17.4 Å². The molecule has 2 N–H and O–H groups in total. The summed E-state index contributed by atoms with van der Waals surface area (Å²) in [6.45, 7) is 0.233. The van der Waals surface area contributed by atoms with Gasteiger partial charge in [-0.15, -0.1) is 11.3 Å². The van der Waals surface area contributed by atoms with Gasteiger partial charge in [0.05, 0.1) is 17.4 Å². The Labute approximate surface area is 178 Å². The van der Waals surface area contributed by atoms with Crippen molar-refractivity contribution in [3.63, 3.8) is 0 Å². The minimum atomic E-state index is -0.248. The Morgan fingerprint density at radius 1 is 0.933 bits per heavy atom. The lowest BCUT2D eigenvalue weighted by Gasteiger charge is -2.29. The van der Waals surface area contributed by atoms with Crippen molar-refractivity contribution < 1.29 is 14.3 Å². The highest BCUT2D eigenvalue weighted by molar-refractivity contribution is 7.10. The Balaban J connectivity index is 1.47. The molecule has 2 aromatic carbocycles. The molecule has 0 saturated carbocycles. The van der Waals surface area contributed by atoms with Crippen molar-refractivity contribution in [2.45, 2.75) is 24.8 Å². The first-order chi connectivity index (χ1) is 14.8. The molecule has 0 radical (unpaired) electrons. The van der Waals surface area contributed by atoms with E-state index in [1.165, 1.54) is 4.88 Å². The minimum Gasteiger partial charge on any atom is -0.454 e. The number of allylic oxidation sites excluding steroid dienone is 1. The fourth-order valence-electron chi connectivity index (χ4n) is 4.56. The summed E-state index contributed by atoms with van der Waals surface area (Å²) in [6, 6.07) is 18.0. The van der Waals surface area contributed by atoms with Crippen LogP contribution in [0.1, 0.15) is 35.2 Å². The van der Waals surface area contributed by atoms with E-state index >= 15 is 0 Å². The SMILES string of the molecule is O=C1CC(c2cccs2)CC2=C1C(c1ccc3c(c1)OCO3)Nc1ccccc1N2. The highest BCUT2D eigenvalue weighted by Crippen LogP contribution is 2.46. The standard InChI is InChI=1S/C24H20N2O3S/c27-19-11-15(22-6-3-9-30-22)10-18-23(19)24(26-17-5-2-1-4-16(17)25-18)14-7-8-20-21(12-14)29-13-28-20/h1-9,12,15,24-26H,10-11,13H2. The lowest BCUT2D eigenvalue weighted by Crippen LogP contribution is -2.26. The second kappa shape index (κ2) is 6.92. The van der Waals surface area contributed by atoms with Gasteiger partial charge in [0, 0.05) is 28.5 Å². The van der Waals surface area contributed by atoms with Crippen LogP contribution in [0.25, 0.3) is 0 Å². The predicted molar refractivity (Wildman–Crippen MR) is 117 cm³/mol. The number of hydrogen-bond donors (Lipinski definition) is 2. The molecule has 0 amide bonds. The first-order valence-electron chi connectivity index (χ1n) is 10.1. The fraction of sp³-hybridized carbons (Fsp3) is 0.208. The summed E-state index contributed by atoms with van der Waals surface area (Å²) in [7, 11) is 0. The van der Waals surface area contributed by atoms with Gasteiger partial charge >= 0.3 is 0 Å². The van der Waals surface area contributed by atoms with Crippen molar-refractivity contribution in [2.24, 2.45) is 0 Å². The number of para-hydroxylation sites is 2. The number of rotatable bonds is 2. The van der Waals surface area contributed by atoms with E-state index in [4.69, 9.17) is 9.47 Å². The zero-order valence-electron chi connectivity index (χ0n) is 16.2. The molecule has 0 spiro atoms. The number of Topliss-reactive ketones (excluding diaryl/α,β-unsaturated/α-hetero) is 1. The van der Waals surface area contributed by atoms with Gasteiger partial charge in [0.15, 0.2) is 17.3 Å². The van der Waals surface area contributed by atoms with E-state index in [9.17, 15) is 4.79 Å². The Bertz CT molecular complexity index is 1170. The van der Waals surface area contributed by atoms with Gasteiger partial charge in [-0.2, -0.15) is 0 Å². The summed E-state index contributed by atoms with van der Waals surface area (Å²) >= 11 is 1.72. The van der Waals surface area contributed by atoms with Crippen LogP contribution in [0.2, 0.25) is 0 Å². The van der Waals surface area contributed by atoms with Crippen molar-refractivity contribution in [3.8, 4) is 11.5 Å². The molecule has 30 heavy (non-hydrogen) atoms. The summed E-state index contributed by atoms with van der Waals surface area (Å²) < 4.78 is 11.1. The third kappa shape index (κ3) is 2.87. The molecule has 3 aromatic rings. The number of anilines is 2. The van der Waals surface area contributed by atoms with Crippen molar-refractivity contribution in [1.29, 1.82) is 0 Å². The third-order valence-electron chi connectivity index (χ3n) is 5.98. The van der Waals surface area contributed by atoms with Gasteiger partial charge in [-0.05, 0) is 47.7 Å². The maximum atomic E-state index is 13.5. The first kappa shape index (κ1) is 17.6. The maximum absolute atomic E-state index is 13.5. The average molecular weight is 417 g/mol. The Kier molecular flexibility index (Phi) is 4.06. The number of ether oxygens (including phenoxy) is 2. The van der Waals surface area contributed by atoms with Crippen LogP contribution in [-0.2, 0) is 4.79 Å². The van der Waals surface area contributed by atoms with Gasteiger partial charge in [-0.25, -0.2) is 0 Å². The molecule has 3 heterocycles. The highest BCUT2D eigenvalue weighted by Gasteiger charge is 2.36. The van der Waals surface area contributed by atoms with Gasteiger partial charge in [0.1, 0.15) is 0 Å². The van der Waals surface area contributed by atoms with Crippen LogP contribution in [0.3, 0.4) is 0 Å². The zero-order chi connectivity index (χ0) is 20.1. The Morgan fingerprint density at radius 2 is 1.80 bits per heavy atom. The summed E-state index contributed by atoms with van der Waals surface area (Å²) in [4.78, 5) is 14.7. The number of carbonyl (C=O) groups excluding carboxylic acids is 1. The average Bonchev–Trinajstić information content (AvgIpc) is 3.42. The highest BCUT2D eigenvalue weighted by atomic mass is 32.1. The molecule has 5 nitrogen and oxygen atoms in total. The van der Waals surface area contributed by atoms with Crippen LogP contribution in [-0.4, -0.2) is 12.6 Å². The number of benzene rings is 2. The molecular formula is C24H20N2O3S. The quantitative estimate of drug-likeness (QED) is 0.581. The molecule has 0 fully saturated rings. The molecule has 150 valence electrons. The van der Waals surface area contributed by atoms with Gasteiger partial charge in [-0.1, -0.05) is 24.3 Å². The van der Waals surface area contributed by atoms with Gasteiger partial charge in [-0.3, -0.25) is 4.79 Å². The predicted octanol–water partition coefficient (Wildman–Crippen LogP) is 5.46. The third-order valence-corrected chi connectivity index (χ3v) is 7.02. The summed E-state index contributed by atoms with van der Waals surface area (Å²) in [5, 5.41) is 9.27. The van der Waals surface area contributed by atoms with Crippen LogP contribution in [0, 0.1) is 0 Å². The molecule has 1 aliphatic carbocycles. The molecule has 3 aliphatic rings. The lowest BCUT2D eigenvalue weighted by molar-refractivity contribution is -0.116. The second-order valence-corrected chi connectivity index (χ2v) is 8.78. The number of ketones is 1. The van der Waals surface area contributed by atoms with Crippen LogP contribution < -0.4 is 20.1 Å². The number of hydrogen-bond acceptors (Lipinski definition) is 6. The summed E-state index contributed by atoms with van der Waals surface area (Å²) in [5.41, 5.74) is 4.79. The molecule has 0 saturated heterocycles. The van der Waals surface area contributed by atoms with E-state index < -0.39 is 0 Å². The Hall–Kier alpha value is -3.25. The summed E-state index contributed by atoms with van der Waals surface area (Å²) in [6.07, 6.45) is 1.35. The first-order valence-corrected chi connectivity index (χ1v) is 11.0. The number of fused-ring (bicyclic) bond motifs is 2. The number of nitrogens with one attached hydrogen (secondary N) is 2. The largest absolute Gasteiger partial charge is 0.454 e.